The minimum Gasteiger partial charge on any atom is -0.352 e. The Morgan fingerprint density at radius 3 is 2.51 bits per heavy atom. The molecule has 0 aliphatic carbocycles. The Balaban J connectivity index is 2.23. The van der Waals surface area contributed by atoms with Crippen LogP contribution in [0.2, 0.25) is 0 Å². The fraction of sp³-hybridized carbons (Fsp3) is 0.391. The molecule has 0 saturated heterocycles. The van der Waals surface area contributed by atoms with Gasteiger partial charge in [-0.05, 0) is 26.0 Å². The van der Waals surface area contributed by atoms with Crippen LogP contribution in [0.1, 0.15) is 43.1 Å². The average Bonchev–Trinajstić information content (AvgIpc) is 2.82. The molecule has 12 heteroatoms. The van der Waals surface area contributed by atoms with Crippen molar-refractivity contribution >= 4 is 33.0 Å². The Labute approximate surface area is 204 Å². The molecule has 0 bridgehead atoms. The van der Waals surface area contributed by atoms with Crippen molar-refractivity contribution in [1.29, 1.82) is 0 Å². The highest BCUT2D eigenvalue weighted by atomic mass is 31.0. The van der Waals surface area contributed by atoms with Gasteiger partial charge in [-0.25, -0.2) is 18.7 Å². The standard InChI is InChI=1S/C23H27F4N6OP/c1-5-7-8-11-31-32(4)20-17(9-10-18(24)19(20)25)21(34)33(6-2)15(3)12-28-22-29-13-16(14-30-22)23(26,27)35/h9-11,13-15H,5-6,12,35H2,1-4H3,(H,28,29,30)/b31-11-. The van der Waals surface area contributed by atoms with Gasteiger partial charge in [0, 0.05) is 45.0 Å². The summed E-state index contributed by atoms with van der Waals surface area (Å²) in [5.74, 6) is 2.67. The first-order valence-electron chi connectivity index (χ1n) is 10.8. The number of likely N-dealkylation sites (N-methyl/N-ethyl adjacent to an activating group) is 1. The molecule has 1 heterocycles. The zero-order chi connectivity index (χ0) is 26.2. The summed E-state index contributed by atoms with van der Waals surface area (Å²) < 4.78 is 55.3. The third-order valence-electron chi connectivity index (χ3n) is 4.92. The van der Waals surface area contributed by atoms with Gasteiger partial charge in [0.15, 0.2) is 11.6 Å². The highest BCUT2D eigenvalue weighted by molar-refractivity contribution is 7.17. The molecule has 188 valence electrons. The highest BCUT2D eigenvalue weighted by Gasteiger charge is 2.28. The molecule has 7 nitrogen and oxygen atoms in total. The number of amides is 1. The maximum absolute atomic E-state index is 14.7. The lowest BCUT2D eigenvalue weighted by atomic mass is 10.1. The molecule has 2 unspecified atom stereocenters. The van der Waals surface area contributed by atoms with Crippen LogP contribution in [0.15, 0.2) is 29.6 Å². The topological polar surface area (TPSA) is 73.7 Å². The first-order chi connectivity index (χ1) is 16.5. The number of hydrogen-bond donors (Lipinski definition) is 1. The number of nitrogens with one attached hydrogen (secondary N) is 1. The van der Waals surface area contributed by atoms with E-state index in [0.717, 1.165) is 23.5 Å². The van der Waals surface area contributed by atoms with Crippen LogP contribution in [-0.4, -0.2) is 53.2 Å². The van der Waals surface area contributed by atoms with Gasteiger partial charge in [-0.15, -0.1) is 0 Å². The number of hydrazone groups is 1. The van der Waals surface area contributed by atoms with Crippen LogP contribution in [0.3, 0.4) is 0 Å². The second kappa shape index (κ2) is 12.5. The van der Waals surface area contributed by atoms with E-state index in [-0.39, 0.29) is 35.9 Å². The Morgan fingerprint density at radius 2 is 1.94 bits per heavy atom. The van der Waals surface area contributed by atoms with Crippen molar-refractivity contribution in [1.82, 2.24) is 14.9 Å². The van der Waals surface area contributed by atoms with E-state index in [1.54, 1.807) is 13.8 Å². The number of carbonyl (C=O) groups excluding carboxylic acids is 1. The number of nitrogens with zero attached hydrogens (tertiary/aromatic N) is 5. The summed E-state index contributed by atoms with van der Waals surface area (Å²) in [5.41, 5.74) is -3.90. The van der Waals surface area contributed by atoms with Crippen molar-refractivity contribution in [3.63, 3.8) is 0 Å². The predicted molar refractivity (Wildman–Crippen MR) is 132 cm³/mol. The molecule has 0 spiro atoms. The smallest absolute Gasteiger partial charge is 0.286 e. The lowest BCUT2D eigenvalue weighted by Crippen LogP contribution is -2.42. The molecule has 2 aromatic rings. The Bertz CT molecular complexity index is 1110. The van der Waals surface area contributed by atoms with Gasteiger partial charge >= 0.3 is 0 Å². The summed E-state index contributed by atoms with van der Waals surface area (Å²) >= 11 is 0. The number of rotatable bonds is 9. The molecule has 0 saturated carbocycles. The quantitative estimate of drug-likeness (QED) is 0.177. The summed E-state index contributed by atoms with van der Waals surface area (Å²) in [6, 6.07) is 1.64. The Hall–Kier alpha value is -3.25. The van der Waals surface area contributed by atoms with Gasteiger partial charge in [0.1, 0.15) is 5.69 Å². The lowest BCUT2D eigenvalue weighted by Gasteiger charge is -2.30. The predicted octanol–water partition coefficient (Wildman–Crippen LogP) is 4.48. The van der Waals surface area contributed by atoms with Crippen LogP contribution in [-0.2, 0) is 5.66 Å². The van der Waals surface area contributed by atoms with Gasteiger partial charge in [-0.2, -0.15) is 13.9 Å². The van der Waals surface area contributed by atoms with Gasteiger partial charge in [0.05, 0.1) is 17.3 Å². The monoisotopic (exact) mass is 510 g/mol. The number of hydrogen-bond acceptors (Lipinski definition) is 6. The molecule has 1 amide bonds. The Kier molecular flexibility index (Phi) is 9.96. The van der Waals surface area contributed by atoms with Gasteiger partial charge < -0.3 is 10.2 Å². The van der Waals surface area contributed by atoms with Crippen molar-refractivity contribution < 1.29 is 22.4 Å². The molecule has 1 aromatic carbocycles. The third-order valence-corrected chi connectivity index (χ3v) is 5.26. The molecule has 2 atom stereocenters. The zero-order valence-corrected chi connectivity index (χ0v) is 21.0. The summed E-state index contributed by atoms with van der Waals surface area (Å²) in [4.78, 5) is 22.5. The number of carbonyl (C=O) groups is 1. The highest BCUT2D eigenvalue weighted by Crippen LogP contribution is 2.33. The van der Waals surface area contributed by atoms with E-state index >= 15 is 0 Å². The van der Waals surface area contributed by atoms with Gasteiger partial charge in [0.25, 0.3) is 11.6 Å². The van der Waals surface area contributed by atoms with E-state index in [1.807, 2.05) is 6.92 Å². The Morgan fingerprint density at radius 1 is 1.29 bits per heavy atom. The second-order valence-corrected chi connectivity index (χ2v) is 8.16. The molecule has 35 heavy (non-hydrogen) atoms. The van der Waals surface area contributed by atoms with Crippen molar-refractivity contribution in [3.05, 3.63) is 47.3 Å². The normalized spacial score (nSPS) is 12.1. The van der Waals surface area contributed by atoms with Crippen LogP contribution in [0.25, 0.3) is 0 Å². The lowest BCUT2D eigenvalue weighted by molar-refractivity contribution is 0.0712. The van der Waals surface area contributed by atoms with Crippen LogP contribution in [0.5, 0.6) is 0 Å². The van der Waals surface area contributed by atoms with Crippen LogP contribution in [0, 0.1) is 23.5 Å². The minimum absolute atomic E-state index is 0.0796. The average molecular weight is 510 g/mol. The molecule has 0 radical (unpaired) electrons. The van der Waals surface area contributed by atoms with Gasteiger partial charge in [-0.1, -0.05) is 28.0 Å². The van der Waals surface area contributed by atoms with E-state index in [1.165, 1.54) is 33.5 Å². The van der Waals surface area contributed by atoms with Crippen molar-refractivity contribution in [2.45, 2.75) is 38.9 Å². The van der Waals surface area contributed by atoms with E-state index in [0.29, 0.717) is 6.42 Å². The largest absolute Gasteiger partial charge is 0.352 e. The summed E-state index contributed by atoms with van der Waals surface area (Å²) in [6.07, 6.45) is 3.85. The molecule has 1 N–H and O–H groups in total. The molecular formula is C23H27F4N6OP. The summed E-state index contributed by atoms with van der Waals surface area (Å²) in [6.45, 7) is 5.76. The number of anilines is 2. The molecule has 0 aliphatic heterocycles. The first kappa shape index (κ1) is 28.0. The van der Waals surface area contributed by atoms with Crippen LogP contribution >= 0.6 is 9.24 Å². The third kappa shape index (κ3) is 7.36. The number of alkyl halides is 2. The molecule has 0 aliphatic rings. The maximum atomic E-state index is 14.7. The number of benzene rings is 1. The van der Waals surface area contributed by atoms with Crippen LogP contribution in [0.4, 0.5) is 29.2 Å². The fourth-order valence-corrected chi connectivity index (χ4v) is 3.25. The molecule has 0 fully saturated rings. The minimum atomic E-state index is -3.14. The summed E-state index contributed by atoms with van der Waals surface area (Å²) in [5, 5.41) is 7.93. The van der Waals surface area contributed by atoms with E-state index in [2.05, 4.69) is 32.2 Å². The maximum Gasteiger partial charge on any atom is 0.286 e. The van der Waals surface area contributed by atoms with Crippen molar-refractivity contribution in [3.8, 4) is 11.8 Å². The number of aromatic nitrogens is 2. The fourth-order valence-electron chi connectivity index (χ4n) is 3.10. The summed E-state index contributed by atoms with van der Waals surface area (Å²) in [7, 11) is 2.80. The van der Waals surface area contributed by atoms with Gasteiger partial charge in [-0.3, -0.25) is 9.80 Å². The zero-order valence-electron chi connectivity index (χ0n) is 19.8. The molecular weight excluding hydrogens is 483 g/mol. The van der Waals surface area contributed by atoms with Gasteiger partial charge in [0.2, 0.25) is 5.95 Å². The van der Waals surface area contributed by atoms with E-state index < -0.39 is 29.2 Å². The van der Waals surface area contributed by atoms with Crippen LogP contribution < -0.4 is 10.3 Å². The molecule has 2 rings (SSSR count). The van der Waals surface area contributed by atoms with Crippen molar-refractivity contribution in [2.75, 3.05) is 30.5 Å². The van der Waals surface area contributed by atoms with Crippen molar-refractivity contribution in [2.24, 2.45) is 5.10 Å². The SMILES string of the molecule is CCC#C/C=N\N(C)c1c(C(=O)N(CC)C(C)CNc2ncc(C(F)(F)P)cn2)ccc(F)c1F. The second-order valence-electron chi connectivity index (χ2n) is 7.44. The van der Waals surface area contributed by atoms with E-state index in [9.17, 15) is 22.4 Å². The number of halogens is 4. The first-order valence-corrected chi connectivity index (χ1v) is 11.4. The molecule has 1 aromatic heterocycles. The van der Waals surface area contributed by atoms with E-state index in [4.69, 9.17) is 0 Å².